The zero-order valence-electron chi connectivity index (χ0n) is 11.9. The lowest BCUT2D eigenvalue weighted by atomic mass is 9.97. The van der Waals surface area contributed by atoms with Crippen LogP contribution in [-0.4, -0.2) is 17.3 Å². The third-order valence-electron chi connectivity index (χ3n) is 3.40. The molecule has 0 bridgehead atoms. The van der Waals surface area contributed by atoms with Crippen LogP contribution in [0.4, 0.5) is 5.69 Å². The average molecular weight is 260 g/mol. The van der Waals surface area contributed by atoms with Gasteiger partial charge in [-0.15, -0.1) is 0 Å². The minimum Gasteiger partial charge on any atom is -0.485 e. The summed E-state index contributed by atoms with van der Waals surface area (Å²) >= 11 is 0. The maximum absolute atomic E-state index is 8.82. The van der Waals surface area contributed by atoms with Gasteiger partial charge in [-0.05, 0) is 45.9 Å². The van der Waals surface area contributed by atoms with Crippen molar-refractivity contribution >= 4 is 5.69 Å². The van der Waals surface area contributed by atoms with Gasteiger partial charge in [-0.3, -0.25) is 0 Å². The highest BCUT2D eigenvalue weighted by atomic mass is 16.6. The van der Waals surface area contributed by atoms with Crippen LogP contribution in [-0.2, 0) is 4.74 Å². The van der Waals surface area contributed by atoms with Gasteiger partial charge >= 0.3 is 0 Å². The topological polar surface area (TPSA) is 68.3 Å². The maximum Gasteiger partial charge on any atom is 0.142 e. The standard InChI is InChI=1S/C15H20N2O2/c1-14(2)8-13(15(3,4)19-14)18-12-6-5-10(9-16)7-11(12)17/h5-7,13H,8,17H2,1-4H3. The smallest absolute Gasteiger partial charge is 0.142 e. The van der Waals surface area contributed by atoms with Gasteiger partial charge in [-0.2, -0.15) is 5.26 Å². The highest BCUT2D eigenvalue weighted by molar-refractivity contribution is 5.56. The third kappa shape index (κ3) is 2.82. The highest BCUT2D eigenvalue weighted by Crippen LogP contribution is 2.40. The molecule has 1 heterocycles. The first kappa shape index (κ1) is 13.7. The second-order valence-electron chi connectivity index (χ2n) is 6.14. The lowest BCUT2D eigenvalue weighted by Crippen LogP contribution is -2.36. The molecule has 1 aliphatic rings. The van der Waals surface area contributed by atoms with Crippen LogP contribution in [0, 0.1) is 11.3 Å². The van der Waals surface area contributed by atoms with Gasteiger partial charge in [0.1, 0.15) is 17.5 Å². The Hall–Kier alpha value is -1.73. The van der Waals surface area contributed by atoms with E-state index in [0.717, 1.165) is 6.42 Å². The minimum absolute atomic E-state index is 0.0577. The normalized spacial score (nSPS) is 23.8. The van der Waals surface area contributed by atoms with E-state index < -0.39 is 0 Å². The zero-order chi connectivity index (χ0) is 14.3. The molecule has 0 aliphatic carbocycles. The predicted molar refractivity (Wildman–Crippen MR) is 73.8 cm³/mol. The van der Waals surface area contributed by atoms with E-state index in [-0.39, 0.29) is 17.3 Å². The van der Waals surface area contributed by atoms with Crippen molar-refractivity contribution in [2.24, 2.45) is 0 Å². The Kier molecular flexibility index (Phi) is 3.19. The minimum atomic E-state index is -0.357. The van der Waals surface area contributed by atoms with E-state index in [1.165, 1.54) is 0 Å². The van der Waals surface area contributed by atoms with Crippen molar-refractivity contribution in [3.63, 3.8) is 0 Å². The lowest BCUT2D eigenvalue weighted by molar-refractivity contribution is -0.0845. The van der Waals surface area contributed by atoms with Gasteiger partial charge in [-0.1, -0.05) is 0 Å². The molecule has 0 radical (unpaired) electrons. The molecule has 2 rings (SSSR count). The molecule has 102 valence electrons. The molecule has 1 unspecified atom stereocenters. The molecule has 1 aromatic rings. The largest absolute Gasteiger partial charge is 0.485 e. The Balaban J connectivity index is 2.20. The first-order valence-corrected chi connectivity index (χ1v) is 6.40. The number of benzene rings is 1. The van der Waals surface area contributed by atoms with Crippen molar-refractivity contribution in [3.05, 3.63) is 23.8 Å². The number of ether oxygens (including phenoxy) is 2. The predicted octanol–water partition coefficient (Wildman–Crippen LogP) is 2.87. The van der Waals surface area contributed by atoms with Gasteiger partial charge in [0.2, 0.25) is 0 Å². The SMILES string of the molecule is CC1(C)CC(Oc2ccc(C#N)cc2N)C(C)(C)O1. The zero-order valence-corrected chi connectivity index (χ0v) is 11.9. The van der Waals surface area contributed by atoms with Crippen LogP contribution in [0.5, 0.6) is 5.75 Å². The Bertz CT molecular complexity index is 529. The molecule has 0 spiro atoms. The van der Waals surface area contributed by atoms with Crippen LogP contribution in [0.3, 0.4) is 0 Å². The Morgan fingerprint density at radius 2 is 2.05 bits per heavy atom. The first-order valence-electron chi connectivity index (χ1n) is 6.40. The maximum atomic E-state index is 8.82. The summed E-state index contributed by atoms with van der Waals surface area (Å²) in [5.74, 6) is 0.610. The van der Waals surface area contributed by atoms with Crippen molar-refractivity contribution < 1.29 is 9.47 Å². The van der Waals surface area contributed by atoms with Gasteiger partial charge in [0.25, 0.3) is 0 Å². The number of nitrogens with two attached hydrogens (primary N) is 1. The number of anilines is 1. The summed E-state index contributed by atoms with van der Waals surface area (Å²) in [6.45, 7) is 8.15. The van der Waals surface area contributed by atoms with Crippen molar-refractivity contribution in [3.8, 4) is 11.8 Å². The van der Waals surface area contributed by atoms with E-state index >= 15 is 0 Å². The molecular weight excluding hydrogens is 240 g/mol. The molecule has 0 saturated carbocycles. The Morgan fingerprint density at radius 1 is 1.37 bits per heavy atom. The van der Waals surface area contributed by atoms with E-state index in [1.54, 1.807) is 18.2 Å². The number of nitriles is 1. The van der Waals surface area contributed by atoms with Gasteiger partial charge in [0, 0.05) is 6.42 Å². The molecule has 1 aromatic carbocycles. The molecule has 1 saturated heterocycles. The molecule has 1 aliphatic heterocycles. The second-order valence-corrected chi connectivity index (χ2v) is 6.14. The van der Waals surface area contributed by atoms with Crippen molar-refractivity contribution in [2.45, 2.75) is 51.4 Å². The van der Waals surface area contributed by atoms with Crippen molar-refractivity contribution in [1.29, 1.82) is 5.26 Å². The summed E-state index contributed by atoms with van der Waals surface area (Å²) in [5, 5.41) is 8.82. The Labute approximate surface area is 114 Å². The summed E-state index contributed by atoms with van der Waals surface area (Å²) in [6, 6.07) is 7.14. The molecule has 1 fully saturated rings. The molecule has 0 amide bonds. The Morgan fingerprint density at radius 3 is 2.53 bits per heavy atom. The molecule has 1 atom stereocenters. The lowest BCUT2D eigenvalue weighted by Gasteiger charge is -2.27. The second kappa shape index (κ2) is 4.43. The number of hydrogen-bond acceptors (Lipinski definition) is 4. The highest BCUT2D eigenvalue weighted by Gasteiger charge is 2.47. The van der Waals surface area contributed by atoms with E-state index in [2.05, 4.69) is 19.9 Å². The fourth-order valence-electron chi connectivity index (χ4n) is 2.57. The molecule has 4 nitrogen and oxygen atoms in total. The van der Waals surface area contributed by atoms with Gasteiger partial charge < -0.3 is 15.2 Å². The van der Waals surface area contributed by atoms with Gasteiger partial charge in [0.05, 0.1) is 22.9 Å². The quantitative estimate of drug-likeness (QED) is 0.830. The summed E-state index contributed by atoms with van der Waals surface area (Å²) in [6.07, 6.45) is 0.747. The van der Waals surface area contributed by atoms with E-state index in [9.17, 15) is 0 Å². The number of rotatable bonds is 2. The fraction of sp³-hybridized carbons (Fsp3) is 0.533. The van der Waals surface area contributed by atoms with E-state index in [4.69, 9.17) is 20.5 Å². The first-order chi connectivity index (χ1) is 8.73. The van der Waals surface area contributed by atoms with Crippen LogP contribution in [0.1, 0.15) is 39.7 Å². The average Bonchev–Trinajstić information content (AvgIpc) is 2.49. The van der Waals surface area contributed by atoms with Crippen molar-refractivity contribution in [1.82, 2.24) is 0 Å². The van der Waals surface area contributed by atoms with Crippen LogP contribution in [0.2, 0.25) is 0 Å². The van der Waals surface area contributed by atoms with E-state index in [1.807, 2.05) is 13.8 Å². The molecule has 19 heavy (non-hydrogen) atoms. The summed E-state index contributed by atoms with van der Waals surface area (Å²) in [4.78, 5) is 0. The van der Waals surface area contributed by atoms with Gasteiger partial charge in [0.15, 0.2) is 0 Å². The summed E-state index contributed by atoms with van der Waals surface area (Å²) in [7, 11) is 0. The molecule has 4 heteroatoms. The monoisotopic (exact) mass is 260 g/mol. The summed E-state index contributed by atoms with van der Waals surface area (Å²) in [5.41, 5.74) is 6.38. The number of hydrogen-bond donors (Lipinski definition) is 1. The third-order valence-corrected chi connectivity index (χ3v) is 3.40. The van der Waals surface area contributed by atoms with Crippen LogP contribution in [0.15, 0.2) is 18.2 Å². The van der Waals surface area contributed by atoms with Crippen LogP contribution < -0.4 is 10.5 Å². The summed E-state index contributed by atoms with van der Waals surface area (Å²) < 4.78 is 12.0. The van der Waals surface area contributed by atoms with Gasteiger partial charge in [-0.25, -0.2) is 0 Å². The molecule has 0 aromatic heterocycles. The number of nitrogen functional groups attached to an aromatic ring is 1. The van der Waals surface area contributed by atoms with Crippen LogP contribution >= 0.6 is 0 Å². The number of nitrogens with zero attached hydrogens (tertiary/aromatic N) is 1. The van der Waals surface area contributed by atoms with Crippen LogP contribution in [0.25, 0.3) is 0 Å². The fourth-order valence-corrected chi connectivity index (χ4v) is 2.57. The molecule has 2 N–H and O–H groups in total. The van der Waals surface area contributed by atoms with E-state index in [0.29, 0.717) is 17.0 Å². The molecular formula is C15H20N2O2. The van der Waals surface area contributed by atoms with Crippen molar-refractivity contribution in [2.75, 3.05) is 5.73 Å².